The highest BCUT2D eigenvalue weighted by Crippen LogP contribution is 2.30. The van der Waals surface area contributed by atoms with Gasteiger partial charge in [0.2, 0.25) is 11.6 Å². The van der Waals surface area contributed by atoms with Crippen molar-refractivity contribution in [3.63, 3.8) is 0 Å². The number of hydrogen-bond donors (Lipinski definition) is 4. The third-order valence-electron chi connectivity index (χ3n) is 2.76. The third kappa shape index (κ3) is 3.55. The van der Waals surface area contributed by atoms with E-state index in [4.69, 9.17) is 16.4 Å². The van der Waals surface area contributed by atoms with Gasteiger partial charge in [-0.15, -0.1) is 0 Å². The zero-order chi connectivity index (χ0) is 14.5. The van der Waals surface area contributed by atoms with Crippen LogP contribution in [-0.2, 0) is 4.79 Å². The van der Waals surface area contributed by atoms with E-state index in [1.54, 1.807) is 30.3 Å². The van der Waals surface area contributed by atoms with Crippen molar-refractivity contribution in [1.29, 1.82) is 10.7 Å². The van der Waals surface area contributed by atoms with Crippen molar-refractivity contribution < 1.29 is 4.79 Å². The predicted molar refractivity (Wildman–Crippen MR) is 76.4 cm³/mol. The number of nitrogens with one attached hydrogen (secondary N) is 3. The summed E-state index contributed by atoms with van der Waals surface area (Å²) in [6.07, 6.45) is 1.92. The Morgan fingerprint density at radius 1 is 1.35 bits per heavy atom. The normalized spacial score (nSPS) is 14.2. The molecule has 1 aliphatic rings. The van der Waals surface area contributed by atoms with Gasteiger partial charge in [-0.25, -0.2) is 0 Å². The number of nitriles is 1. The van der Waals surface area contributed by atoms with Crippen molar-refractivity contribution in [2.24, 2.45) is 16.8 Å². The van der Waals surface area contributed by atoms with Crippen molar-refractivity contribution in [1.82, 2.24) is 0 Å². The van der Waals surface area contributed by atoms with E-state index >= 15 is 0 Å². The molecular weight excluding hydrogens is 256 g/mol. The van der Waals surface area contributed by atoms with Crippen LogP contribution in [-0.4, -0.2) is 17.5 Å². The minimum Gasteiger partial charge on any atom is -0.382 e. The van der Waals surface area contributed by atoms with E-state index in [2.05, 4.69) is 15.8 Å². The molecule has 1 aromatic rings. The van der Waals surface area contributed by atoms with E-state index in [9.17, 15) is 4.79 Å². The van der Waals surface area contributed by atoms with E-state index in [-0.39, 0.29) is 17.5 Å². The molecular formula is C13H14N6O. The second kappa shape index (κ2) is 5.84. The molecule has 0 atom stereocenters. The smallest absolute Gasteiger partial charge is 0.227 e. The van der Waals surface area contributed by atoms with Gasteiger partial charge in [0.25, 0.3) is 0 Å². The Hall–Kier alpha value is -2.88. The summed E-state index contributed by atoms with van der Waals surface area (Å²) >= 11 is 0. The van der Waals surface area contributed by atoms with Crippen LogP contribution in [0.4, 0.5) is 11.4 Å². The lowest BCUT2D eigenvalue weighted by Gasteiger charge is -2.05. The van der Waals surface area contributed by atoms with Crippen LogP contribution in [0.3, 0.4) is 0 Å². The number of benzene rings is 1. The summed E-state index contributed by atoms with van der Waals surface area (Å²) in [6, 6.07) is 8.60. The maximum atomic E-state index is 11.6. The van der Waals surface area contributed by atoms with Crippen molar-refractivity contribution in [3.05, 3.63) is 24.3 Å². The Balaban J connectivity index is 1.96. The molecule has 0 unspecified atom stereocenters. The Morgan fingerprint density at radius 3 is 2.45 bits per heavy atom. The molecule has 1 saturated carbocycles. The van der Waals surface area contributed by atoms with Crippen molar-refractivity contribution >= 4 is 28.8 Å². The molecule has 0 heterocycles. The number of hydrazone groups is 1. The molecule has 2 rings (SSSR count). The Kier molecular flexibility index (Phi) is 3.96. The summed E-state index contributed by atoms with van der Waals surface area (Å²) < 4.78 is 0. The predicted octanol–water partition coefficient (Wildman–Crippen LogP) is 1.26. The van der Waals surface area contributed by atoms with E-state index in [1.807, 2.05) is 0 Å². The van der Waals surface area contributed by atoms with Gasteiger partial charge in [-0.2, -0.15) is 10.4 Å². The first-order chi connectivity index (χ1) is 9.60. The Bertz CT molecular complexity index is 594. The second-order valence-electron chi connectivity index (χ2n) is 4.44. The quantitative estimate of drug-likeness (QED) is 0.365. The summed E-state index contributed by atoms with van der Waals surface area (Å²) in [5, 5.41) is 22.3. The van der Waals surface area contributed by atoms with Crippen LogP contribution in [0.25, 0.3) is 0 Å². The highest BCUT2D eigenvalue weighted by atomic mass is 16.2. The number of amides is 1. The first-order valence-electron chi connectivity index (χ1n) is 6.09. The van der Waals surface area contributed by atoms with Gasteiger partial charge in [0.05, 0.1) is 5.69 Å². The van der Waals surface area contributed by atoms with E-state index < -0.39 is 5.84 Å². The number of anilines is 2. The van der Waals surface area contributed by atoms with Gasteiger partial charge in [0.1, 0.15) is 6.07 Å². The lowest BCUT2D eigenvalue weighted by Crippen LogP contribution is -2.21. The van der Waals surface area contributed by atoms with Gasteiger partial charge >= 0.3 is 0 Å². The van der Waals surface area contributed by atoms with Crippen LogP contribution in [0, 0.1) is 22.7 Å². The summed E-state index contributed by atoms with van der Waals surface area (Å²) in [5.74, 6) is -0.188. The molecule has 0 spiro atoms. The average Bonchev–Trinajstić information content (AvgIpc) is 3.25. The Morgan fingerprint density at radius 2 is 1.95 bits per heavy atom. The lowest BCUT2D eigenvalue weighted by molar-refractivity contribution is -0.117. The molecule has 1 amide bonds. The number of nitrogens with two attached hydrogens (primary N) is 1. The second-order valence-corrected chi connectivity index (χ2v) is 4.44. The standard InChI is InChI=1S/C13H14N6O/c14-7-11(12(15)16)19-18-10-5-3-9(4-6-10)17-13(20)8-1-2-8/h3-6,8,18H,1-2H2,(H3,15,16)(H,17,20)/b19-11+. The third-order valence-corrected chi connectivity index (χ3v) is 2.76. The topological polar surface area (TPSA) is 127 Å². The van der Waals surface area contributed by atoms with Gasteiger partial charge in [-0.1, -0.05) is 0 Å². The van der Waals surface area contributed by atoms with Crippen molar-refractivity contribution in [2.75, 3.05) is 10.7 Å². The van der Waals surface area contributed by atoms with Crippen LogP contribution >= 0.6 is 0 Å². The average molecular weight is 270 g/mol. The minimum atomic E-state index is -0.395. The van der Waals surface area contributed by atoms with Crippen molar-refractivity contribution in [2.45, 2.75) is 12.8 Å². The first kappa shape index (κ1) is 13.5. The molecule has 0 aromatic heterocycles. The maximum absolute atomic E-state index is 11.6. The van der Waals surface area contributed by atoms with E-state index in [0.717, 1.165) is 12.8 Å². The zero-order valence-electron chi connectivity index (χ0n) is 10.7. The molecule has 1 aliphatic carbocycles. The molecule has 7 heteroatoms. The number of carbonyl (C=O) groups excluding carboxylic acids is 1. The van der Waals surface area contributed by atoms with Gasteiger partial charge in [-0.3, -0.25) is 15.6 Å². The van der Waals surface area contributed by atoms with Crippen LogP contribution < -0.4 is 16.5 Å². The molecule has 0 saturated heterocycles. The fourth-order valence-corrected chi connectivity index (χ4v) is 1.48. The van der Waals surface area contributed by atoms with Gasteiger partial charge in [-0.05, 0) is 37.1 Å². The largest absolute Gasteiger partial charge is 0.382 e. The fourth-order valence-electron chi connectivity index (χ4n) is 1.48. The molecule has 0 radical (unpaired) electrons. The number of carbonyl (C=O) groups is 1. The van der Waals surface area contributed by atoms with Crippen LogP contribution in [0.15, 0.2) is 29.4 Å². The lowest BCUT2D eigenvalue weighted by atomic mass is 10.2. The summed E-state index contributed by atoms with van der Waals surface area (Å²) in [6.45, 7) is 0. The van der Waals surface area contributed by atoms with Crippen LogP contribution in [0.1, 0.15) is 12.8 Å². The van der Waals surface area contributed by atoms with Crippen molar-refractivity contribution in [3.8, 4) is 6.07 Å². The first-order valence-corrected chi connectivity index (χ1v) is 6.09. The molecule has 1 fully saturated rings. The van der Waals surface area contributed by atoms with Gasteiger partial charge < -0.3 is 11.1 Å². The zero-order valence-corrected chi connectivity index (χ0v) is 10.7. The molecule has 102 valence electrons. The van der Waals surface area contributed by atoms with E-state index in [1.165, 1.54) is 0 Å². The highest BCUT2D eigenvalue weighted by molar-refractivity contribution is 6.45. The SMILES string of the molecule is N#C/C(=N\Nc1ccc(NC(=O)C2CC2)cc1)C(=N)N. The summed E-state index contributed by atoms with van der Waals surface area (Å²) in [5.41, 5.74) is 8.95. The monoisotopic (exact) mass is 270 g/mol. The van der Waals surface area contributed by atoms with Gasteiger partial charge in [0, 0.05) is 11.6 Å². The highest BCUT2D eigenvalue weighted by Gasteiger charge is 2.29. The van der Waals surface area contributed by atoms with Crippen LogP contribution in [0.5, 0.6) is 0 Å². The van der Waals surface area contributed by atoms with Crippen LogP contribution in [0.2, 0.25) is 0 Å². The number of nitrogens with zero attached hydrogens (tertiary/aromatic N) is 2. The Labute approximate surface area is 116 Å². The van der Waals surface area contributed by atoms with Gasteiger partial charge in [0.15, 0.2) is 5.84 Å². The molecule has 0 bridgehead atoms. The number of hydrogen-bond acceptors (Lipinski definition) is 5. The molecule has 7 nitrogen and oxygen atoms in total. The molecule has 20 heavy (non-hydrogen) atoms. The number of amidine groups is 1. The minimum absolute atomic E-state index is 0.0482. The molecule has 1 aromatic carbocycles. The van der Waals surface area contributed by atoms with E-state index in [0.29, 0.717) is 11.4 Å². The summed E-state index contributed by atoms with van der Waals surface area (Å²) in [7, 11) is 0. The maximum Gasteiger partial charge on any atom is 0.227 e. The molecule has 0 aliphatic heterocycles. The number of rotatable bonds is 5. The summed E-state index contributed by atoms with van der Waals surface area (Å²) in [4.78, 5) is 11.6. The molecule has 5 N–H and O–H groups in total. The fraction of sp³-hybridized carbons (Fsp3) is 0.231.